The Morgan fingerprint density at radius 3 is 2.64 bits per heavy atom. The van der Waals surface area contributed by atoms with E-state index in [0.29, 0.717) is 12.1 Å². The molecule has 1 aliphatic rings. The van der Waals surface area contributed by atoms with E-state index in [4.69, 9.17) is 9.47 Å². The smallest absolute Gasteiger partial charge is 0.0704 e. The lowest BCUT2D eigenvalue weighted by Crippen LogP contribution is -2.44. The summed E-state index contributed by atoms with van der Waals surface area (Å²) in [5.74, 6) is 0. The van der Waals surface area contributed by atoms with Crippen LogP contribution >= 0.6 is 0 Å². The summed E-state index contributed by atoms with van der Waals surface area (Å²) in [5.41, 5.74) is 0. The van der Waals surface area contributed by atoms with Crippen molar-refractivity contribution in [1.29, 1.82) is 0 Å². The van der Waals surface area contributed by atoms with Crippen molar-refractivity contribution in [2.24, 2.45) is 0 Å². The third-order valence-corrected chi connectivity index (χ3v) is 2.73. The molecule has 0 radical (unpaired) electrons. The standard InChI is InChI=1S/C11H23NO2/c1-3-4-5-13-6-7-14-11-8-10(9-11)12-2/h10-12H,3-9H2,1-2H3. The summed E-state index contributed by atoms with van der Waals surface area (Å²) in [6.45, 7) is 4.56. The highest BCUT2D eigenvalue weighted by molar-refractivity contribution is 4.84. The van der Waals surface area contributed by atoms with E-state index in [1.54, 1.807) is 0 Å². The zero-order valence-electron chi connectivity index (χ0n) is 9.42. The maximum atomic E-state index is 5.63. The Kier molecular flexibility index (Phi) is 6.15. The van der Waals surface area contributed by atoms with Gasteiger partial charge < -0.3 is 14.8 Å². The van der Waals surface area contributed by atoms with E-state index in [2.05, 4.69) is 12.2 Å². The highest BCUT2D eigenvalue weighted by atomic mass is 16.5. The fraction of sp³-hybridized carbons (Fsp3) is 1.00. The maximum Gasteiger partial charge on any atom is 0.0704 e. The molecular weight excluding hydrogens is 178 g/mol. The van der Waals surface area contributed by atoms with Crippen LogP contribution in [0.1, 0.15) is 32.6 Å². The van der Waals surface area contributed by atoms with Crippen molar-refractivity contribution in [3.05, 3.63) is 0 Å². The molecule has 3 heteroatoms. The number of hydrogen-bond donors (Lipinski definition) is 1. The Hall–Kier alpha value is -0.120. The highest BCUT2D eigenvalue weighted by Crippen LogP contribution is 2.22. The van der Waals surface area contributed by atoms with Crippen LogP contribution in [0.2, 0.25) is 0 Å². The second kappa shape index (κ2) is 7.21. The van der Waals surface area contributed by atoms with Gasteiger partial charge in [-0.3, -0.25) is 0 Å². The fourth-order valence-electron chi connectivity index (χ4n) is 1.56. The summed E-state index contributed by atoms with van der Waals surface area (Å²) in [5, 5.41) is 3.24. The van der Waals surface area contributed by atoms with Gasteiger partial charge in [0.15, 0.2) is 0 Å². The molecule has 1 rings (SSSR count). The zero-order valence-corrected chi connectivity index (χ0v) is 9.42. The molecule has 0 bridgehead atoms. The van der Waals surface area contributed by atoms with Gasteiger partial charge >= 0.3 is 0 Å². The summed E-state index contributed by atoms with van der Waals surface area (Å²) in [6, 6.07) is 0.681. The highest BCUT2D eigenvalue weighted by Gasteiger charge is 2.27. The van der Waals surface area contributed by atoms with E-state index in [-0.39, 0.29) is 0 Å². The largest absolute Gasteiger partial charge is 0.379 e. The summed E-state index contributed by atoms with van der Waals surface area (Å²) >= 11 is 0. The fourth-order valence-corrected chi connectivity index (χ4v) is 1.56. The van der Waals surface area contributed by atoms with Gasteiger partial charge in [-0.15, -0.1) is 0 Å². The van der Waals surface area contributed by atoms with Crippen molar-refractivity contribution in [3.63, 3.8) is 0 Å². The molecule has 3 nitrogen and oxygen atoms in total. The van der Waals surface area contributed by atoms with E-state index in [0.717, 1.165) is 39.1 Å². The lowest BCUT2D eigenvalue weighted by Gasteiger charge is -2.34. The molecule has 84 valence electrons. The molecule has 1 N–H and O–H groups in total. The molecule has 0 atom stereocenters. The van der Waals surface area contributed by atoms with Crippen molar-refractivity contribution in [2.45, 2.75) is 44.8 Å². The van der Waals surface area contributed by atoms with Gasteiger partial charge in [0.2, 0.25) is 0 Å². The molecule has 0 amide bonds. The Bertz CT molecular complexity index is 135. The molecule has 14 heavy (non-hydrogen) atoms. The summed E-state index contributed by atoms with van der Waals surface area (Å²) in [6.07, 6.45) is 5.15. The van der Waals surface area contributed by atoms with Gasteiger partial charge in [-0.1, -0.05) is 13.3 Å². The quantitative estimate of drug-likeness (QED) is 0.605. The van der Waals surface area contributed by atoms with Gasteiger partial charge in [0.05, 0.1) is 19.3 Å². The normalized spacial score (nSPS) is 26.1. The predicted molar refractivity (Wildman–Crippen MR) is 57.5 cm³/mol. The number of nitrogens with one attached hydrogen (secondary N) is 1. The Morgan fingerprint density at radius 1 is 1.21 bits per heavy atom. The van der Waals surface area contributed by atoms with Gasteiger partial charge in [-0.25, -0.2) is 0 Å². The van der Waals surface area contributed by atoms with E-state index >= 15 is 0 Å². The number of ether oxygens (including phenoxy) is 2. The van der Waals surface area contributed by atoms with Gasteiger partial charge in [0.25, 0.3) is 0 Å². The average Bonchev–Trinajstić information content (AvgIpc) is 2.14. The monoisotopic (exact) mass is 201 g/mol. The van der Waals surface area contributed by atoms with Crippen LogP contribution in [0.5, 0.6) is 0 Å². The van der Waals surface area contributed by atoms with Gasteiger partial charge in [0.1, 0.15) is 0 Å². The van der Waals surface area contributed by atoms with Crippen LogP contribution in [-0.4, -0.2) is 39.0 Å². The molecule has 0 unspecified atom stereocenters. The average molecular weight is 201 g/mol. The van der Waals surface area contributed by atoms with E-state index in [1.807, 2.05) is 7.05 Å². The van der Waals surface area contributed by atoms with Crippen LogP contribution in [0, 0.1) is 0 Å². The molecule has 0 saturated heterocycles. The van der Waals surface area contributed by atoms with Crippen LogP contribution < -0.4 is 5.32 Å². The van der Waals surface area contributed by atoms with Crippen molar-refractivity contribution >= 4 is 0 Å². The topological polar surface area (TPSA) is 30.5 Å². The van der Waals surface area contributed by atoms with Crippen LogP contribution in [0.15, 0.2) is 0 Å². The third-order valence-electron chi connectivity index (χ3n) is 2.73. The van der Waals surface area contributed by atoms with Gasteiger partial charge in [-0.2, -0.15) is 0 Å². The molecule has 0 aromatic heterocycles. The third kappa shape index (κ3) is 4.40. The molecule has 0 aromatic rings. The minimum absolute atomic E-state index is 0.474. The first-order valence-electron chi connectivity index (χ1n) is 5.73. The first kappa shape index (κ1) is 12.0. The Balaban J connectivity index is 1.77. The molecular formula is C11H23NO2. The summed E-state index contributed by atoms with van der Waals surface area (Å²) in [7, 11) is 2.01. The zero-order chi connectivity index (χ0) is 10.2. The Labute approximate surface area is 87.2 Å². The first-order valence-corrected chi connectivity index (χ1v) is 5.73. The van der Waals surface area contributed by atoms with Crippen molar-refractivity contribution < 1.29 is 9.47 Å². The van der Waals surface area contributed by atoms with Crippen molar-refractivity contribution in [2.75, 3.05) is 26.9 Å². The van der Waals surface area contributed by atoms with Crippen molar-refractivity contribution in [1.82, 2.24) is 5.32 Å². The molecule has 1 aliphatic carbocycles. The number of hydrogen-bond acceptors (Lipinski definition) is 3. The van der Waals surface area contributed by atoms with Crippen LogP contribution in [0.3, 0.4) is 0 Å². The molecule has 1 fully saturated rings. The molecule has 1 saturated carbocycles. The number of rotatable bonds is 8. The van der Waals surface area contributed by atoms with Gasteiger partial charge in [0, 0.05) is 12.6 Å². The number of unbranched alkanes of at least 4 members (excludes halogenated alkanes) is 1. The maximum absolute atomic E-state index is 5.63. The van der Waals surface area contributed by atoms with E-state index < -0.39 is 0 Å². The summed E-state index contributed by atoms with van der Waals surface area (Å²) < 4.78 is 11.0. The molecule has 0 spiro atoms. The molecule has 0 aliphatic heterocycles. The second-order valence-corrected chi connectivity index (χ2v) is 3.92. The summed E-state index contributed by atoms with van der Waals surface area (Å²) in [4.78, 5) is 0. The molecule has 0 aromatic carbocycles. The van der Waals surface area contributed by atoms with E-state index in [9.17, 15) is 0 Å². The second-order valence-electron chi connectivity index (χ2n) is 3.92. The van der Waals surface area contributed by atoms with Crippen LogP contribution in [-0.2, 0) is 9.47 Å². The SMILES string of the molecule is CCCCOCCOC1CC(NC)C1. The minimum atomic E-state index is 0.474. The Morgan fingerprint density at radius 2 is 2.00 bits per heavy atom. The lowest BCUT2D eigenvalue weighted by molar-refractivity contribution is -0.0409. The predicted octanol–water partition coefficient (Wildman–Crippen LogP) is 1.57. The van der Waals surface area contributed by atoms with Gasteiger partial charge in [-0.05, 0) is 26.3 Å². The van der Waals surface area contributed by atoms with E-state index in [1.165, 1.54) is 6.42 Å². The minimum Gasteiger partial charge on any atom is -0.379 e. The first-order chi connectivity index (χ1) is 6.86. The van der Waals surface area contributed by atoms with Crippen LogP contribution in [0.25, 0.3) is 0 Å². The van der Waals surface area contributed by atoms with Crippen LogP contribution in [0.4, 0.5) is 0 Å². The lowest BCUT2D eigenvalue weighted by atomic mass is 9.89. The molecule has 0 heterocycles. The van der Waals surface area contributed by atoms with Crippen molar-refractivity contribution in [3.8, 4) is 0 Å².